The van der Waals surface area contributed by atoms with Crippen molar-refractivity contribution in [2.75, 3.05) is 0 Å². The Labute approximate surface area is 91.1 Å². The van der Waals surface area contributed by atoms with Crippen molar-refractivity contribution >= 4 is 5.97 Å². The van der Waals surface area contributed by atoms with E-state index in [1.54, 1.807) is 13.1 Å². The molecule has 0 aliphatic heterocycles. The molecule has 0 atom stereocenters. The number of aromatic nitrogens is 4. The Hall–Kier alpha value is -2.37. The maximum absolute atomic E-state index is 10.7. The molecule has 0 amide bonds. The van der Waals surface area contributed by atoms with Gasteiger partial charge in [-0.05, 0) is 13.0 Å². The fourth-order valence-electron chi connectivity index (χ4n) is 1.22. The predicted molar refractivity (Wildman–Crippen MR) is 54.8 cm³/mol. The Kier molecular flexibility index (Phi) is 2.55. The maximum Gasteiger partial charge on any atom is 0.354 e. The van der Waals surface area contributed by atoms with E-state index in [1.165, 1.54) is 18.6 Å². The first-order valence-electron chi connectivity index (χ1n) is 4.52. The fourth-order valence-corrected chi connectivity index (χ4v) is 1.22. The highest BCUT2D eigenvalue weighted by atomic mass is 16.4. The Morgan fingerprint density at radius 2 is 2.19 bits per heavy atom. The molecular weight excluding hydrogens is 208 g/mol. The Balaban J connectivity index is 2.53. The summed E-state index contributed by atoms with van der Waals surface area (Å²) in [4.78, 5) is 26.5. The van der Waals surface area contributed by atoms with Crippen LogP contribution in [0.5, 0.6) is 0 Å². The van der Waals surface area contributed by atoms with Gasteiger partial charge in [-0.1, -0.05) is 0 Å². The Bertz CT molecular complexity index is 542. The number of carbonyl (C=O) groups is 1. The van der Waals surface area contributed by atoms with E-state index in [0.717, 1.165) is 0 Å². The smallest absolute Gasteiger partial charge is 0.354 e. The molecule has 0 saturated carbocycles. The van der Waals surface area contributed by atoms with E-state index in [4.69, 9.17) is 5.11 Å². The third-order valence-corrected chi connectivity index (χ3v) is 2.03. The minimum absolute atomic E-state index is 0.0479. The molecule has 16 heavy (non-hydrogen) atoms. The van der Waals surface area contributed by atoms with Crippen LogP contribution in [0.25, 0.3) is 11.4 Å². The highest BCUT2D eigenvalue weighted by molar-refractivity contribution is 5.85. The average molecular weight is 216 g/mol. The van der Waals surface area contributed by atoms with Gasteiger partial charge in [0.25, 0.3) is 0 Å². The van der Waals surface area contributed by atoms with Crippen molar-refractivity contribution in [2.45, 2.75) is 6.92 Å². The first kappa shape index (κ1) is 10.2. The molecule has 80 valence electrons. The van der Waals surface area contributed by atoms with Crippen molar-refractivity contribution in [3.63, 3.8) is 0 Å². The van der Waals surface area contributed by atoms with Gasteiger partial charge in [0, 0.05) is 12.4 Å². The number of carboxylic acids is 1. The molecule has 0 bridgehead atoms. The summed E-state index contributed by atoms with van der Waals surface area (Å²) in [6, 6.07) is 1.34. The Morgan fingerprint density at radius 3 is 2.88 bits per heavy atom. The fraction of sp³-hybridized carbons (Fsp3) is 0.100. The van der Waals surface area contributed by atoms with Crippen LogP contribution < -0.4 is 0 Å². The zero-order chi connectivity index (χ0) is 11.5. The number of rotatable bonds is 2. The summed E-state index contributed by atoms with van der Waals surface area (Å²) in [5, 5.41) is 8.80. The van der Waals surface area contributed by atoms with Crippen LogP contribution in [-0.2, 0) is 0 Å². The first-order chi connectivity index (χ1) is 7.68. The lowest BCUT2D eigenvalue weighted by atomic mass is 10.2. The van der Waals surface area contributed by atoms with Crippen molar-refractivity contribution in [1.29, 1.82) is 0 Å². The molecule has 1 N–H and O–H groups in total. The SMILES string of the molecule is Cc1ncncc1-c1nccc(C(=O)O)n1. The molecule has 0 unspecified atom stereocenters. The third-order valence-electron chi connectivity index (χ3n) is 2.03. The van der Waals surface area contributed by atoms with E-state index in [0.29, 0.717) is 17.1 Å². The number of aryl methyl sites for hydroxylation is 1. The molecule has 0 aliphatic rings. The predicted octanol–water partition coefficient (Wildman–Crippen LogP) is 0.940. The molecule has 2 heterocycles. The highest BCUT2D eigenvalue weighted by Gasteiger charge is 2.10. The number of nitrogens with zero attached hydrogens (tertiary/aromatic N) is 4. The van der Waals surface area contributed by atoms with Gasteiger partial charge in [0.15, 0.2) is 11.5 Å². The zero-order valence-electron chi connectivity index (χ0n) is 8.45. The van der Waals surface area contributed by atoms with E-state index in [9.17, 15) is 4.79 Å². The van der Waals surface area contributed by atoms with E-state index in [-0.39, 0.29) is 5.69 Å². The van der Waals surface area contributed by atoms with Gasteiger partial charge in [-0.2, -0.15) is 0 Å². The monoisotopic (exact) mass is 216 g/mol. The highest BCUT2D eigenvalue weighted by Crippen LogP contribution is 2.15. The third kappa shape index (κ3) is 1.85. The second-order valence-electron chi connectivity index (χ2n) is 3.09. The van der Waals surface area contributed by atoms with E-state index >= 15 is 0 Å². The van der Waals surface area contributed by atoms with Crippen molar-refractivity contribution in [3.8, 4) is 11.4 Å². The molecule has 0 fully saturated rings. The van der Waals surface area contributed by atoms with Gasteiger partial charge in [0.05, 0.1) is 11.3 Å². The molecular formula is C10H8N4O2. The molecule has 2 aromatic rings. The van der Waals surface area contributed by atoms with Crippen LogP contribution in [0.3, 0.4) is 0 Å². The number of carboxylic acid groups (broad SMARTS) is 1. The summed E-state index contributed by atoms with van der Waals surface area (Å²) in [7, 11) is 0. The maximum atomic E-state index is 10.7. The molecule has 0 saturated heterocycles. The molecule has 6 nitrogen and oxygen atoms in total. The molecule has 2 rings (SSSR count). The lowest BCUT2D eigenvalue weighted by Crippen LogP contribution is -2.03. The minimum Gasteiger partial charge on any atom is -0.477 e. The molecule has 6 heteroatoms. The van der Waals surface area contributed by atoms with Gasteiger partial charge in [0.2, 0.25) is 0 Å². The van der Waals surface area contributed by atoms with Crippen molar-refractivity contribution in [2.24, 2.45) is 0 Å². The lowest BCUT2D eigenvalue weighted by molar-refractivity contribution is 0.0690. The summed E-state index contributed by atoms with van der Waals surface area (Å²) in [5.74, 6) is -0.767. The van der Waals surface area contributed by atoms with Crippen LogP contribution in [0.1, 0.15) is 16.2 Å². The number of aromatic carboxylic acids is 1. The van der Waals surface area contributed by atoms with Crippen molar-refractivity contribution < 1.29 is 9.90 Å². The van der Waals surface area contributed by atoms with E-state index < -0.39 is 5.97 Å². The first-order valence-corrected chi connectivity index (χ1v) is 4.52. The normalized spacial score (nSPS) is 10.1. The standard InChI is InChI=1S/C10H8N4O2/c1-6-7(4-11-5-13-6)9-12-3-2-8(14-9)10(15)16/h2-5H,1H3,(H,15,16). The number of hydrogen-bond donors (Lipinski definition) is 1. The van der Waals surface area contributed by atoms with Crippen LogP contribution in [0.4, 0.5) is 0 Å². The summed E-state index contributed by atoms with van der Waals surface area (Å²) < 4.78 is 0. The van der Waals surface area contributed by atoms with Crippen LogP contribution in [-0.4, -0.2) is 31.0 Å². The second kappa shape index (κ2) is 4.01. The van der Waals surface area contributed by atoms with Crippen LogP contribution >= 0.6 is 0 Å². The molecule has 0 radical (unpaired) electrons. The van der Waals surface area contributed by atoms with Gasteiger partial charge in [0.1, 0.15) is 6.33 Å². The van der Waals surface area contributed by atoms with Gasteiger partial charge >= 0.3 is 5.97 Å². The van der Waals surface area contributed by atoms with Crippen LogP contribution in [0.2, 0.25) is 0 Å². The lowest BCUT2D eigenvalue weighted by Gasteiger charge is -2.02. The summed E-state index contributed by atoms with van der Waals surface area (Å²) in [6.07, 6.45) is 4.38. The van der Waals surface area contributed by atoms with E-state index in [2.05, 4.69) is 19.9 Å². The van der Waals surface area contributed by atoms with Gasteiger partial charge in [-0.25, -0.2) is 24.7 Å². The minimum atomic E-state index is -1.09. The average Bonchev–Trinajstić information content (AvgIpc) is 2.30. The topological polar surface area (TPSA) is 88.9 Å². The quantitative estimate of drug-likeness (QED) is 0.803. The number of hydrogen-bond acceptors (Lipinski definition) is 5. The van der Waals surface area contributed by atoms with Crippen LogP contribution in [0.15, 0.2) is 24.8 Å². The summed E-state index contributed by atoms with van der Waals surface area (Å²) in [5.41, 5.74) is 1.29. The molecule has 0 spiro atoms. The van der Waals surface area contributed by atoms with Crippen molar-refractivity contribution in [3.05, 3.63) is 36.2 Å². The van der Waals surface area contributed by atoms with Crippen LogP contribution in [0, 0.1) is 6.92 Å². The van der Waals surface area contributed by atoms with Gasteiger partial charge in [-0.15, -0.1) is 0 Å². The molecule has 0 aromatic carbocycles. The van der Waals surface area contributed by atoms with Gasteiger partial charge < -0.3 is 5.11 Å². The summed E-state index contributed by atoms with van der Waals surface area (Å²) >= 11 is 0. The Morgan fingerprint density at radius 1 is 1.38 bits per heavy atom. The molecule has 2 aromatic heterocycles. The largest absolute Gasteiger partial charge is 0.477 e. The van der Waals surface area contributed by atoms with E-state index in [1.807, 2.05) is 0 Å². The van der Waals surface area contributed by atoms with Crippen molar-refractivity contribution in [1.82, 2.24) is 19.9 Å². The second-order valence-corrected chi connectivity index (χ2v) is 3.09. The van der Waals surface area contributed by atoms with Gasteiger partial charge in [-0.3, -0.25) is 0 Å². The summed E-state index contributed by atoms with van der Waals surface area (Å²) in [6.45, 7) is 1.79. The zero-order valence-corrected chi connectivity index (χ0v) is 8.45. The molecule has 0 aliphatic carbocycles.